The molecule has 0 saturated heterocycles. The molecule has 0 aromatic heterocycles. The number of aliphatic carboxylic acids is 1. The van der Waals surface area contributed by atoms with E-state index in [-0.39, 0.29) is 12.3 Å². The number of carbonyl (C=O) groups excluding carboxylic acids is 1. The maximum Gasteiger partial charge on any atom is 0.305 e. The molecule has 0 spiro atoms. The number of carboxylic acid groups (broad SMARTS) is 1. The zero-order valence-corrected chi connectivity index (χ0v) is 20.3. The highest BCUT2D eigenvalue weighted by atomic mass is 16.4. The van der Waals surface area contributed by atoms with E-state index >= 15 is 0 Å². The van der Waals surface area contributed by atoms with Crippen LogP contribution in [0.25, 0.3) is 0 Å². The lowest BCUT2D eigenvalue weighted by Gasteiger charge is -2.15. The number of hydrogen-bond acceptors (Lipinski definition) is 2. The average molecular weight is 426 g/mol. The van der Waals surface area contributed by atoms with Crippen LogP contribution in [0.1, 0.15) is 142 Å². The molecule has 0 aliphatic rings. The molecule has 0 unspecified atom stereocenters. The second-order valence-electron chi connectivity index (χ2n) is 9.07. The number of unbranched alkanes of at least 4 members (excludes halogenated alkanes) is 18. The summed E-state index contributed by atoms with van der Waals surface area (Å²) in [6.45, 7) is 2.59. The molecule has 30 heavy (non-hydrogen) atoms. The first-order valence-corrected chi connectivity index (χ1v) is 13.0. The van der Waals surface area contributed by atoms with Crippen molar-refractivity contribution in [2.24, 2.45) is 0 Å². The first-order chi connectivity index (χ1) is 14.6. The van der Waals surface area contributed by atoms with Crippen LogP contribution in [-0.4, -0.2) is 35.5 Å². The minimum Gasteiger partial charge on any atom is -0.481 e. The Balaban J connectivity index is 3.19. The second kappa shape index (κ2) is 22.6. The Morgan fingerprint density at radius 2 is 0.900 bits per heavy atom. The quantitative estimate of drug-likeness (QED) is 0.170. The molecule has 0 saturated carbocycles. The summed E-state index contributed by atoms with van der Waals surface area (Å²) in [5.74, 6) is -0.777. The van der Waals surface area contributed by atoms with Crippen molar-refractivity contribution < 1.29 is 14.7 Å². The molecule has 0 radical (unpaired) electrons. The lowest BCUT2D eigenvalue weighted by atomic mass is 10.0. The minimum absolute atomic E-state index is 0.0292. The number of hydrogen-bond donors (Lipinski definition) is 1. The van der Waals surface area contributed by atoms with Crippen LogP contribution in [-0.2, 0) is 9.59 Å². The predicted octanol–water partition coefficient (Wildman–Crippen LogP) is 7.74. The van der Waals surface area contributed by atoms with E-state index in [1.807, 2.05) is 0 Å². The highest BCUT2D eigenvalue weighted by Crippen LogP contribution is 2.15. The molecule has 0 aliphatic heterocycles. The van der Waals surface area contributed by atoms with Crippen molar-refractivity contribution in [2.75, 3.05) is 13.6 Å². The van der Waals surface area contributed by atoms with Gasteiger partial charge in [-0.2, -0.15) is 0 Å². The highest BCUT2D eigenvalue weighted by Gasteiger charge is 2.09. The summed E-state index contributed by atoms with van der Waals surface area (Å²) in [4.78, 5) is 23.9. The molecule has 0 bridgehead atoms. The van der Waals surface area contributed by atoms with E-state index in [4.69, 9.17) is 5.11 Å². The van der Waals surface area contributed by atoms with Crippen LogP contribution in [0.2, 0.25) is 0 Å². The number of carbonyl (C=O) groups is 2. The average Bonchev–Trinajstić information content (AvgIpc) is 2.73. The molecule has 0 fully saturated rings. The lowest BCUT2D eigenvalue weighted by molar-refractivity contribution is -0.138. The van der Waals surface area contributed by atoms with Gasteiger partial charge in [-0.25, -0.2) is 0 Å². The summed E-state index contributed by atoms with van der Waals surface area (Å²) in [6.07, 6.45) is 26.2. The topological polar surface area (TPSA) is 57.6 Å². The van der Waals surface area contributed by atoms with Gasteiger partial charge in [-0.1, -0.05) is 122 Å². The van der Waals surface area contributed by atoms with Crippen LogP contribution in [0.4, 0.5) is 0 Å². The third-order valence-electron chi connectivity index (χ3n) is 6.08. The number of carboxylic acids is 1. The Morgan fingerprint density at radius 1 is 0.567 bits per heavy atom. The fourth-order valence-corrected chi connectivity index (χ4v) is 3.93. The summed E-state index contributed by atoms with van der Waals surface area (Å²) in [5, 5.41) is 8.65. The van der Waals surface area contributed by atoms with Gasteiger partial charge in [0.25, 0.3) is 0 Å². The van der Waals surface area contributed by atoms with Gasteiger partial charge >= 0.3 is 5.97 Å². The molecule has 0 aromatic rings. The summed E-state index contributed by atoms with van der Waals surface area (Å²) in [5.41, 5.74) is 0. The van der Waals surface area contributed by atoms with E-state index in [0.717, 1.165) is 12.8 Å². The van der Waals surface area contributed by atoms with E-state index in [2.05, 4.69) is 6.92 Å². The largest absolute Gasteiger partial charge is 0.481 e. The van der Waals surface area contributed by atoms with E-state index < -0.39 is 5.97 Å². The SMILES string of the molecule is CCCCCCCCCCCCCCCCCCCCCC(=O)N(C)CCC(=O)O. The minimum atomic E-state index is -0.849. The molecule has 0 aromatic carbocycles. The normalized spacial score (nSPS) is 11.0. The molecule has 0 atom stereocenters. The first kappa shape index (κ1) is 28.9. The summed E-state index contributed by atoms with van der Waals surface area (Å²) in [7, 11) is 1.70. The summed E-state index contributed by atoms with van der Waals surface area (Å²) < 4.78 is 0. The molecule has 0 aliphatic carbocycles. The first-order valence-electron chi connectivity index (χ1n) is 13.0. The zero-order valence-electron chi connectivity index (χ0n) is 20.3. The van der Waals surface area contributed by atoms with Gasteiger partial charge in [0.15, 0.2) is 0 Å². The van der Waals surface area contributed by atoms with Crippen molar-refractivity contribution in [3.05, 3.63) is 0 Å². The molecular formula is C26H51NO3. The lowest BCUT2D eigenvalue weighted by Crippen LogP contribution is -2.28. The standard InChI is InChI=1S/C26H51NO3/c1-3-4-5-6-7-8-9-10-11-12-13-14-15-16-17-18-19-20-21-22-25(28)27(2)24-23-26(29)30/h3-24H2,1-2H3,(H,29,30). The van der Waals surface area contributed by atoms with Crippen molar-refractivity contribution in [3.63, 3.8) is 0 Å². The van der Waals surface area contributed by atoms with Gasteiger partial charge in [-0.05, 0) is 6.42 Å². The van der Waals surface area contributed by atoms with Crippen molar-refractivity contribution >= 4 is 11.9 Å². The van der Waals surface area contributed by atoms with Gasteiger partial charge in [0.05, 0.1) is 6.42 Å². The fourth-order valence-electron chi connectivity index (χ4n) is 3.93. The number of amides is 1. The van der Waals surface area contributed by atoms with Crippen LogP contribution in [0.5, 0.6) is 0 Å². The van der Waals surface area contributed by atoms with Gasteiger partial charge in [0, 0.05) is 20.0 Å². The molecule has 1 N–H and O–H groups in total. The van der Waals surface area contributed by atoms with Crippen molar-refractivity contribution in [1.29, 1.82) is 0 Å². The smallest absolute Gasteiger partial charge is 0.305 e. The zero-order chi connectivity index (χ0) is 22.3. The second-order valence-corrected chi connectivity index (χ2v) is 9.07. The molecule has 178 valence electrons. The van der Waals surface area contributed by atoms with Gasteiger partial charge in [0.2, 0.25) is 5.91 Å². The molecule has 0 rings (SSSR count). The van der Waals surface area contributed by atoms with Crippen molar-refractivity contribution in [3.8, 4) is 0 Å². The van der Waals surface area contributed by atoms with Gasteiger partial charge in [-0.15, -0.1) is 0 Å². The van der Waals surface area contributed by atoms with Gasteiger partial charge < -0.3 is 10.0 Å². The molecule has 4 heteroatoms. The van der Waals surface area contributed by atoms with Crippen LogP contribution < -0.4 is 0 Å². The third-order valence-corrected chi connectivity index (χ3v) is 6.08. The summed E-state index contributed by atoms with van der Waals surface area (Å²) in [6, 6.07) is 0. The maximum absolute atomic E-state index is 11.9. The van der Waals surface area contributed by atoms with E-state index in [0.29, 0.717) is 13.0 Å². The number of rotatable bonds is 23. The Labute approximate surface area is 187 Å². The van der Waals surface area contributed by atoms with Crippen LogP contribution in [0.3, 0.4) is 0 Å². The van der Waals surface area contributed by atoms with Crippen molar-refractivity contribution in [2.45, 2.75) is 142 Å². The highest BCUT2D eigenvalue weighted by molar-refractivity contribution is 5.76. The van der Waals surface area contributed by atoms with Gasteiger partial charge in [-0.3, -0.25) is 9.59 Å². The molecule has 4 nitrogen and oxygen atoms in total. The molecule has 0 heterocycles. The number of nitrogens with zero attached hydrogens (tertiary/aromatic N) is 1. The predicted molar refractivity (Wildman–Crippen MR) is 128 cm³/mol. The van der Waals surface area contributed by atoms with E-state index in [9.17, 15) is 9.59 Å². The molecule has 1 amide bonds. The Kier molecular flexibility index (Phi) is 21.8. The Hall–Kier alpha value is -1.06. The van der Waals surface area contributed by atoms with Crippen LogP contribution in [0, 0.1) is 0 Å². The monoisotopic (exact) mass is 425 g/mol. The van der Waals surface area contributed by atoms with Crippen molar-refractivity contribution in [1.82, 2.24) is 4.90 Å². The summed E-state index contributed by atoms with van der Waals surface area (Å²) >= 11 is 0. The van der Waals surface area contributed by atoms with Gasteiger partial charge in [0.1, 0.15) is 0 Å². The Morgan fingerprint density at radius 3 is 1.23 bits per heavy atom. The third kappa shape index (κ3) is 21.6. The molecular weight excluding hydrogens is 374 g/mol. The maximum atomic E-state index is 11.9. The van der Waals surface area contributed by atoms with E-state index in [1.54, 1.807) is 11.9 Å². The van der Waals surface area contributed by atoms with Crippen LogP contribution >= 0.6 is 0 Å². The fraction of sp³-hybridized carbons (Fsp3) is 0.923. The Bertz CT molecular complexity index is 398. The van der Waals surface area contributed by atoms with E-state index in [1.165, 1.54) is 109 Å². The van der Waals surface area contributed by atoms with Crippen LogP contribution in [0.15, 0.2) is 0 Å².